The molecule has 0 N–H and O–H groups in total. The largest absolute Gasteiger partial charge is 0.277 e. The highest BCUT2D eigenvalue weighted by Crippen LogP contribution is 2.36. The van der Waals surface area contributed by atoms with Crippen molar-refractivity contribution in [1.82, 2.24) is 0 Å². The Balaban J connectivity index is 2.08. The SMILES string of the molecule is O=C1C(Cl)=C(c2ccccc2)C(=O)N1c1cc(Cl)cc(Cl)c1. The normalized spacial score (nSPS) is 15.0. The Morgan fingerprint density at radius 1 is 0.773 bits per heavy atom. The van der Waals surface area contributed by atoms with Crippen LogP contribution in [0.2, 0.25) is 10.0 Å². The van der Waals surface area contributed by atoms with E-state index in [2.05, 4.69) is 0 Å². The number of hydrogen-bond acceptors (Lipinski definition) is 2. The quantitative estimate of drug-likeness (QED) is 0.745. The molecule has 0 spiro atoms. The van der Waals surface area contributed by atoms with Gasteiger partial charge in [-0.1, -0.05) is 65.1 Å². The molecule has 0 saturated heterocycles. The molecule has 2 amide bonds. The molecule has 0 aromatic heterocycles. The summed E-state index contributed by atoms with van der Waals surface area (Å²) < 4.78 is 0. The van der Waals surface area contributed by atoms with Gasteiger partial charge in [0.25, 0.3) is 11.8 Å². The minimum atomic E-state index is -0.594. The van der Waals surface area contributed by atoms with Crippen molar-refractivity contribution in [2.75, 3.05) is 4.90 Å². The zero-order valence-corrected chi connectivity index (χ0v) is 13.3. The molecule has 2 aromatic rings. The van der Waals surface area contributed by atoms with Gasteiger partial charge in [0.15, 0.2) is 0 Å². The van der Waals surface area contributed by atoms with E-state index in [1.165, 1.54) is 18.2 Å². The van der Waals surface area contributed by atoms with Crippen LogP contribution in [-0.2, 0) is 9.59 Å². The molecule has 3 rings (SSSR count). The molecular weight excluding hydrogens is 345 g/mol. The van der Waals surface area contributed by atoms with Gasteiger partial charge in [0.2, 0.25) is 0 Å². The lowest BCUT2D eigenvalue weighted by atomic mass is 10.1. The van der Waals surface area contributed by atoms with Crippen LogP contribution in [0.4, 0.5) is 5.69 Å². The highest BCUT2D eigenvalue weighted by molar-refractivity contribution is 6.60. The third-order valence-electron chi connectivity index (χ3n) is 3.20. The van der Waals surface area contributed by atoms with E-state index in [1.54, 1.807) is 24.3 Å². The molecule has 0 saturated carbocycles. The maximum absolute atomic E-state index is 12.6. The first-order chi connectivity index (χ1) is 10.5. The number of halogens is 3. The average molecular weight is 353 g/mol. The molecule has 0 unspecified atom stereocenters. The number of nitrogens with zero attached hydrogens (tertiary/aromatic N) is 1. The molecule has 1 heterocycles. The maximum Gasteiger partial charge on any atom is 0.277 e. The molecule has 0 radical (unpaired) electrons. The first-order valence-corrected chi connectivity index (χ1v) is 7.42. The van der Waals surface area contributed by atoms with E-state index >= 15 is 0 Å². The third kappa shape index (κ3) is 2.52. The summed E-state index contributed by atoms with van der Waals surface area (Å²) in [5, 5.41) is 0.534. The van der Waals surface area contributed by atoms with Gasteiger partial charge in [-0.15, -0.1) is 0 Å². The lowest BCUT2D eigenvalue weighted by Gasteiger charge is -2.15. The molecule has 22 heavy (non-hydrogen) atoms. The summed E-state index contributed by atoms with van der Waals surface area (Å²) in [7, 11) is 0. The zero-order chi connectivity index (χ0) is 15.9. The van der Waals surface area contributed by atoms with Crippen molar-refractivity contribution in [1.29, 1.82) is 0 Å². The monoisotopic (exact) mass is 351 g/mol. The first-order valence-electron chi connectivity index (χ1n) is 6.29. The standard InChI is InChI=1S/C16H8Cl3NO2/c17-10-6-11(18)8-12(7-10)20-15(21)13(14(19)16(20)22)9-4-2-1-3-5-9/h1-8H. The topological polar surface area (TPSA) is 37.4 Å². The molecule has 2 aromatic carbocycles. The summed E-state index contributed by atoms with van der Waals surface area (Å²) in [6, 6.07) is 13.3. The molecular formula is C16H8Cl3NO2. The van der Waals surface area contributed by atoms with E-state index in [1.807, 2.05) is 6.07 Å². The number of rotatable bonds is 2. The van der Waals surface area contributed by atoms with Gasteiger partial charge in [0.1, 0.15) is 5.03 Å². The second kappa shape index (κ2) is 5.76. The van der Waals surface area contributed by atoms with Gasteiger partial charge in [-0.25, -0.2) is 4.90 Å². The maximum atomic E-state index is 12.6. The number of benzene rings is 2. The van der Waals surface area contributed by atoms with Gasteiger partial charge >= 0.3 is 0 Å². The molecule has 1 aliphatic rings. The van der Waals surface area contributed by atoms with Gasteiger partial charge in [-0.2, -0.15) is 0 Å². The van der Waals surface area contributed by atoms with E-state index in [9.17, 15) is 9.59 Å². The molecule has 110 valence electrons. The molecule has 0 fully saturated rings. The van der Waals surface area contributed by atoms with Crippen LogP contribution in [-0.4, -0.2) is 11.8 Å². The van der Waals surface area contributed by atoms with Gasteiger partial charge in [0.05, 0.1) is 11.3 Å². The van der Waals surface area contributed by atoms with Crippen LogP contribution in [0.25, 0.3) is 5.57 Å². The predicted molar refractivity (Wildman–Crippen MR) is 88.2 cm³/mol. The first kappa shape index (κ1) is 15.1. The lowest BCUT2D eigenvalue weighted by molar-refractivity contribution is -0.119. The summed E-state index contributed by atoms with van der Waals surface area (Å²) in [5.41, 5.74) is 1.04. The Hall–Kier alpha value is -1.81. The minimum Gasteiger partial charge on any atom is -0.268 e. The fraction of sp³-hybridized carbons (Fsp3) is 0. The number of anilines is 1. The second-order valence-corrected chi connectivity index (χ2v) is 5.88. The zero-order valence-electron chi connectivity index (χ0n) is 11.0. The Kier molecular flexibility index (Phi) is 3.96. The van der Waals surface area contributed by atoms with Gasteiger partial charge in [0, 0.05) is 10.0 Å². The summed E-state index contributed by atoms with van der Waals surface area (Å²) in [6.45, 7) is 0. The van der Waals surface area contributed by atoms with Gasteiger partial charge in [-0.3, -0.25) is 9.59 Å². The second-order valence-electron chi connectivity index (χ2n) is 4.63. The number of hydrogen-bond donors (Lipinski definition) is 0. The minimum absolute atomic E-state index is 0.118. The van der Waals surface area contributed by atoms with Crippen molar-refractivity contribution >= 4 is 57.9 Å². The average Bonchev–Trinajstić information content (AvgIpc) is 2.69. The van der Waals surface area contributed by atoms with E-state index in [0.29, 0.717) is 15.6 Å². The summed E-state index contributed by atoms with van der Waals surface area (Å²) in [5.74, 6) is -1.09. The van der Waals surface area contributed by atoms with Crippen LogP contribution < -0.4 is 4.90 Å². The van der Waals surface area contributed by atoms with Crippen molar-refractivity contribution in [2.45, 2.75) is 0 Å². The van der Waals surface area contributed by atoms with Crippen LogP contribution in [0.15, 0.2) is 53.6 Å². The highest BCUT2D eigenvalue weighted by atomic mass is 35.5. The number of imide groups is 1. The lowest BCUT2D eigenvalue weighted by Crippen LogP contribution is -2.31. The van der Waals surface area contributed by atoms with Crippen molar-refractivity contribution in [2.24, 2.45) is 0 Å². The van der Waals surface area contributed by atoms with Crippen molar-refractivity contribution < 1.29 is 9.59 Å². The van der Waals surface area contributed by atoms with E-state index < -0.39 is 11.8 Å². The van der Waals surface area contributed by atoms with Crippen LogP contribution in [0.5, 0.6) is 0 Å². The van der Waals surface area contributed by atoms with Gasteiger partial charge < -0.3 is 0 Å². The Bertz CT molecular complexity index is 795. The van der Waals surface area contributed by atoms with Crippen LogP contribution in [0.3, 0.4) is 0 Å². The third-order valence-corrected chi connectivity index (χ3v) is 3.98. The Morgan fingerprint density at radius 3 is 1.95 bits per heavy atom. The summed E-state index contributed by atoms with van der Waals surface area (Å²) >= 11 is 18.0. The highest BCUT2D eigenvalue weighted by Gasteiger charge is 2.39. The van der Waals surface area contributed by atoms with E-state index in [4.69, 9.17) is 34.8 Å². The van der Waals surface area contributed by atoms with Crippen LogP contribution >= 0.6 is 34.8 Å². The number of carbonyl (C=O) groups excluding carboxylic acids is 2. The van der Waals surface area contributed by atoms with E-state index in [-0.39, 0.29) is 16.3 Å². The fourth-order valence-electron chi connectivity index (χ4n) is 2.26. The molecule has 1 aliphatic heterocycles. The predicted octanol–water partition coefficient (Wildman–Crippen LogP) is 4.52. The Morgan fingerprint density at radius 2 is 1.36 bits per heavy atom. The fourth-order valence-corrected chi connectivity index (χ4v) is 3.05. The summed E-state index contributed by atoms with van der Waals surface area (Å²) in [6.07, 6.45) is 0. The number of carbonyl (C=O) groups is 2. The molecule has 6 heteroatoms. The number of amides is 2. The molecule has 0 bridgehead atoms. The van der Waals surface area contributed by atoms with Crippen LogP contribution in [0.1, 0.15) is 5.56 Å². The molecule has 3 nitrogen and oxygen atoms in total. The van der Waals surface area contributed by atoms with Crippen LogP contribution in [0, 0.1) is 0 Å². The van der Waals surface area contributed by atoms with E-state index in [0.717, 1.165) is 4.90 Å². The Labute approximate surface area is 141 Å². The summed E-state index contributed by atoms with van der Waals surface area (Å²) in [4.78, 5) is 26.0. The van der Waals surface area contributed by atoms with Gasteiger partial charge in [-0.05, 0) is 23.8 Å². The molecule has 0 atom stereocenters. The van der Waals surface area contributed by atoms with Crippen molar-refractivity contribution in [3.8, 4) is 0 Å². The molecule has 0 aliphatic carbocycles. The van der Waals surface area contributed by atoms with Crippen molar-refractivity contribution in [3.05, 3.63) is 69.2 Å². The smallest absolute Gasteiger partial charge is 0.268 e. The van der Waals surface area contributed by atoms with Crippen molar-refractivity contribution in [3.63, 3.8) is 0 Å².